The maximum atomic E-state index is 13.1. The lowest BCUT2D eigenvalue weighted by molar-refractivity contribution is -0.157. The Balaban J connectivity index is 1.96. The van der Waals surface area contributed by atoms with Gasteiger partial charge in [-0.25, -0.2) is 13.2 Å². The summed E-state index contributed by atoms with van der Waals surface area (Å²) < 4.78 is 47.6. The van der Waals surface area contributed by atoms with E-state index in [1.165, 1.54) is 12.1 Å². The topological polar surface area (TPSA) is 116 Å². The highest BCUT2D eigenvalue weighted by molar-refractivity contribution is 7.95. The first kappa shape index (κ1) is 21.5. The number of sulfone groups is 1. The van der Waals surface area contributed by atoms with E-state index in [1.807, 2.05) is 5.32 Å². The van der Waals surface area contributed by atoms with Crippen molar-refractivity contribution in [2.75, 3.05) is 6.61 Å². The zero-order valence-corrected chi connectivity index (χ0v) is 16.3. The van der Waals surface area contributed by atoms with Gasteiger partial charge in [-0.15, -0.1) is 0 Å². The standard InChI is InChI=1S/C18H20FNO7S/c1-18(2,3)27-15(21)9-13(16(19)22)20-17(23)26-10-12-8-11-6-4-5-7-14(11)28(12,24)25/h4-8,13H,9-10H2,1-3H3,(H,20,23)/t13-/m0/s1. The molecule has 1 aliphatic rings. The van der Waals surface area contributed by atoms with Crippen LogP contribution in [0.2, 0.25) is 0 Å². The first-order valence-corrected chi connectivity index (χ1v) is 9.77. The van der Waals surface area contributed by atoms with Crippen molar-refractivity contribution in [3.8, 4) is 0 Å². The zero-order valence-electron chi connectivity index (χ0n) is 15.5. The Bertz CT molecular complexity index is 931. The maximum absolute atomic E-state index is 13.1. The Hall–Kier alpha value is -2.75. The molecule has 0 aliphatic carbocycles. The van der Waals surface area contributed by atoms with E-state index in [9.17, 15) is 27.2 Å². The SMILES string of the molecule is CC(C)(C)OC(=O)C[C@H](NC(=O)OCC1=Cc2ccccc2S1(=O)=O)C(=O)F. The lowest BCUT2D eigenvalue weighted by Gasteiger charge is -2.21. The van der Waals surface area contributed by atoms with E-state index in [-0.39, 0.29) is 9.80 Å². The molecule has 0 fully saturated rings. The van der Waals surface area contributed by atoms with Crippen LogP contribution in [0, 0.1) is 0 Å². The molecule has 0 saturated carbocycles. The van der Waals surface area contributed by atoms with E-state index in [0.29, 0.717) is 5.56 Å². The van der Waals surface area contributed by atoms with Crippen LogP contribution in [0.5, 0.6) is 0 Å². The quantitative estimate of drug-likeness (QED) is 0.561. The van der Waals surface area contributed by atoms with Crippen molar-refractivity contribution >= 4 is 34.0 Å². The monoisotopic (exact) mass is 413 g/mol. The molecule has 0 aromatic heterocycles. The number of alkyl carbamates (subject to hydrolysis) is 1. The third-order valence-electron chi connectivity index (χ3n) is 3.57. The molecule has 0 unspecified atom stereocenters. The van der Waals surface area contributed by atoms with E-state index in [2.05, 4.69) is 0 Å². The highest BCUT2D eigenvalue weighted by Gasteiger charge is 2.31. The van der Waals surface area contributed by atoms with E-state index < -0.39 is 52.6 Å². The summed E-state index contributed by atoms with van der Waals surface area (Å²) >= 11 is 0. The minimum absolute atomic E-state index is 0.0933. The molecule has 1 amide bonds. The Labute approximate surface area is 161 Å². The number of carbonyl (C=O) groups is 3. The molecule has 2 rings (SSSR count). The van der Waals surface area contributed by atoms with E-state index in [0.717, 1.165) is 0 Å². The van der Waals surface area contributed by atoms with Crippen molar-refractivity contribution in [1.82, 2.24) is 5.32 Å². The molecule has 1 atom stereocenters. The lowest BCUT2D eigenvalue weighted by Crippen LogP contribution is -2.42. The minimum Gasteiger partial charge on any atom is -0.460 e. The summed E-state index contributed by atoms with van der Waals surface area (Å²) in [6, 6.07) is 2.49. The van der Waals surface area contributed by atoms with Crippen molar-refractivity contribution in [3.05, 3.63) is 34.7 Å². The van der Waals surface area contributed by atoms with Crippen LogP contribution in [0.15, 0.2) is 34.1 Å². The van der Waals surface area contributed by atoms with Gasteiger partial charge in [-0.3, -0.25) is 9.59 Å². The van der Waals surface area contributed by atoms with Gasteiger partial charge in [-0.2, -0.15) is 4.39 Å². The summed E-state index contributed by atoms with van der Waals surface area (Å²) in [6.45, 7) is 4.16. The fourth-order valence-electron chi connectivity index (χ4n) is 2.41. The van der Waals surface area contributed by atoms with Gasteiger partial charge in [0.1, 0.15) is 18.2 Å². The van der Waals surface area contributed by atoms with Gasteiger partial charge in [-0.1, -0.05) is 18.2 Å². The van der Waals surface area contributed by atoms with Crippen LogP contribution < -0.4 is 5.32 Å². The molecule has 1 aromatic carbocycles. The van der Waals surface area contributed by atoms with Crippen LogP contribution in [-0.2, 0) is 28.9 Å². The molecular formula is C18H20FNO7S. The second-order valence-electron chi connectivity index (χ2n) is 7.02. The highest BCUT2D eigenvalue weighted by atomic mass is 32.2. The number of esters is 1. The number of hydrogen-bond donors (Lipinski definition) is 1. The second-order valence-corrected chi connectivity index (χ2v) is 8.99. The number of amides is 1. The molecule has 8 nitrogen and oxygen atoms in total. The van der Waals surface area contributed by atoms with Gasteiger partial charge in [-0.05, 0) is 38.5 Å². The lowest BCUT2D eigenvalue weighted by atomic mass is 10.2. The summed E-state index contributed by atoms with van der Waals surface area (Å²) in [7, 11) is -3.79. The first-order valence-electron chi connectivity index (χ1n) is 8.29. The number of hydrogen-bond acceptors (Lipinski definition) is 7. The maximum Gasteiger partial charge on any atom is 0.408 e. The number of rotatable bonds is 6. The van der Waals surface area contributed by atoms with Gasteiger partial charge in [0.2, 0.25) is 9.84 Å². The number of carbonyl (C=O) groups excluding carboxylic acids is 3. The van der Waals surface area contributed by atoms with Crippen LogP contribution in [-0.4, -0.2) is 44.8 Å². The molecule has 152 valence electrons. The van der Waals surface area contributed by atoms with Crippen molar-refractivity contribution in [2.45, 2.75) is 43.7 Å². The number of nitrogens with one attached hydrogen (secondary N) is 1. The fraction of sp³-hybridized carbons (Fsp3) is 0.389. The van der Waals surface area contributed by atoms with Gasteiger partial charge in [0.15, 0.2) is 0 Å². The number of ether oxygens (including phenoxy) is 2. The summed E-state index contributed by atoms with van der Waals surface area (Å²) in [4.78, 5) is 34.5. The summed E-state index contributed by atoms with van der Waals surface area (Å²) in [5.74, 6) is -0.889. The highest BCUT2D eigenvalue weighted by Crippen LogP contribution is 2.32. The van der Waals surface area contributed by atoms with Gasteiger partial charge in [0.05, 0.1) is 16.2 Å². The number of benzene rings is 1. The van der Waals surface area contributed by atoms with Gasteiger partial charge in [0.25, 0.3) is 0 Å². The fourth-order valence-corrected chi connectivity index (χ4v) is 3.89. The van der Waals surface area contributed by atoms with E-state index >= 15 is 0 Å². The molecule has 0 spiro atoms. The van der Waals surface area contributed by atoms with Crippen LogP contribution in [0.4, 0.5) is 9.18 Å². The molecule has 0 saturated heterocycles. The molecular weight excluding hydrogens is 393 g/mol. The normalized spacial score (nSPS) is 15.8. The van der Waals surface area contributed by atoms with Gasteiger partial charge >= 0.3 is 18.1 Å². The summed E-state index contributed by atoms with van der Waals surface area (Å²) in [5, 5.41) is 1.90. The molecule has 1 heterocycles. The number of halogens is 1. The van der Waals surface area contributed by atoms with E-state index in [1.54, 1.807) is 39.0 Å². The average Bonchev–Trinajstić information content (AvgIpc) is 2.81. The molecule has 1 aliphatic heterocycles. The Morgan fingerprint density at radius 1 is 1.18 bits per heavy atom. The predicted octanol–water partition coefficient (Wildman–Crippen LogP) is 2.14. The molecule has 0 radical (unpaired) electrons. The van der Waals surface area contributed by atoms with Crippen molar-refractivity contribution in [1.29, 1.82) is 0 Å². The van der Waals surface area contributed by atoms with Gasteiger partial charge < -0.3 is 14.8 Å². The number of fused-ring (bicyclic) bond motifs is 1. The molecule has 10 heteroatoms. The van der Waals surface area contributed by atoms with Crippen LogP contribution in [0.25, 0.3) is 6.08 Å². The van der Waals surface area contributed by atoms with E-state index in [4.69, 9.17) is 9.47 Å². The molecule has 0 bridgehead atoms. The smallest absolute Gasteiger partial charge is 0.408 e. The van der Waals surface area contributed by atoms with Crippen molar-refractivity contribution < 1.29 is 36.7 Å². The average molecular weight is 413 g/mol. The van der Waals surface area contributed by atoms with Crippen LogP contribution >= 0.6 is 0 Å². The third kappa shape index (κ3) is 5.38. The summed E-state index contributed by atoms with van der Waals surface area (Å²) in [5.41, 5.74) is -0.386. The van der Waals surface area contributed by atoms with Gasteiger partial charge in [0, 0.05) is 0 Å². The molecule has 1 N–H and O–H groups in total. The first-order chi connectivity index (χ1) is 12.9. The van der Waals surface area contributed by atoms with Crippen LogP contribution in [0.3, 0.4) is 0 Å². The summed E-state index contributed by atoms with van der Waals surface area (Å²) in [6.07, 6.45) is -0.614. The zero-order chi connectivity index (χ0) is 21.1. The second kappa shape index (κ2) is 8.09. The minimum atomic E-state index is -3.79. The Kier molecular flexibility index (Phi) is 6.23. The van der Waals surface area contributed by atoms with Crippen LogP contribution in [0.1, 0.15) is 32.8 Å². The van der Waals surface area contributed by atoms with Crippen molar-refractivity contribution in [2.24, 2.45) is 0 Å². The third-order valence-corrected chi connectivity index (χ3v) is 5.45. The molecule has 1 aromatic rings. The largest absolute Gasteiger partial charge is 0.460 e. The molecule has 28 heavy (non-hydrogen) atoms. The Morgan fingerprint density at radius 3 is 2.39 bits per heavy atom. The Morgan fingerprint density at radius 2 is 1.82 bits per heavy atom. The predicted molar refractivity (Wildman–Crippen MR) is 96.5 cm³/mol. The van der Waals surface area contributed by atoms with Crippen molar-refractivity contribution in [3.63, 3.8) is 0 Å².